The van der Waals surface area contributed by atoms with Crippen molar-refractivity contribution in [2.75, 3.05) is 18.1 Å². The van der Waals surface area contributed by atoms with E-state index in [9.17, 15) is 13.2 Å². The van der Waals surface area contributed by atoms with Gasteiger partial charge in [0.25, 0.3) is 0 Å². The van der Waals surface area contributed by atoms with E-state index in [1.165, 1.54) is 6.08 Å². The second kappa shape index (κ2) is 9.37. The molecule has 0 N–H and O–H groups in total. The van der Waals surface area contributed by atoms with Gasteiger partial charge >= 0.3 is 0 Å². The average Bonchev–Trinajstić information content (AvgIpc) is 3.27. The molecule has 0 radical (unpaired) electrons. The van der Waals surface area contributed by atoms with Crippen molar-refractivity contribution in [2.45, 2.75) is 26.0 Å². The summed E-state index contributed by atoms with van der Waals surface area (Å²) in [7, 11) is -3.08. The predicted octanol–water partition coefficient (Wildman–Crippen LogP) is 3.25. The van der Waals surface area contributed by atoms with E-state index < -0.39 is 9.84 Å². The van der Waals surface area contributed by atoms with Crippen LogP contribution in [0.2, 0.25) is 0 Å². The van der Waals surface area contributed by atoms with E-state index in [1.807, 2.05) is 36.6 Å². The molecule has 1 aliphatic rings. The number of ether oxygens (including phenoxy) is 1. The largest absolute Gasteiger partial charge is 0.487 e. The quantitative estimate of drug-likeness (QED) is 0.473. The van der Waals surface area contributed by atoms with E-state index in [0.717, 1.165) is 16.3 Å². The summed E-state index contributed by atoms with van der Waals surface area (Å²) in [4.78, 5) is 18.7. The van der Waals surface area contributed by atoms with Crippen LogP contribution in [0.4, 0.5) is 0 Å². The summed E-state index contributed by atoms with van der Waals surface area (Å²) in [5.74, 6) is 0.542. The topological polar surface area (TPSA) is 76.6 Å². The number of benzene rings is 1. The lowest BCUT2D eigenvalue weighted by atomic mass is 10.1. The number of hydrogen-bond donors (Lipinski definition) is 0. The Morgan fingerprint density at radius 1 is 1.41 bits per heavy atom. The van der Waals surface area contributed by atoms with Gasteiger partial charge in [0, 0.05) is 29.6 Å². The number of amides is 1. The minimum atomic E-state index is -3.08. The minimum Gasteiger partial charge on any atom is -0.487 e. The molecule has 1 aromatic carbocycles. The van der Waals surface area contributed by atoms with Gasteiger partial charge in [-0.2, -0.15) is 0 Å². The maximum atomic E-state index is 12.7. The first-order valence-corrected chi connectivity index (χ1v) is 12.0. The van der Waals surface area contributed by atoms with Gasteiger partial charge in [0.1, 0.15) is 12.4 Å². The molecule has 6 nitrogen and oxygen atoms in total. The Morgan fingerprint density at radius 3 is 2.86 bits per heavy atom. The first-order valence-electron chi connectivity index (χ1n) is 9.31. The standard InChI is InChI=1S/C21H24N2O4S2/c1-3-11-23(19-10-12-29(25,26)15-19)21(24)9-8-17-6-4-5-7-20(17)27-13-18-14-28-16(2)22-18/h3-9,14,19H,1,10-13,15H2,2H3. The van der Waals surface area contributed by atoms with Crippen molar-refractivity contribution < 1.29 is 17.9 Å². The van der Waals surface area contributed by atoms with Crippen LogP contribution >= 0.6 is 11.3 Å². The molecular formula is C21H24N2O4S2. The number of aryl methyl sites for hydroxylation is 1. The predicted molar refractivity (Wildman–Crippen MR) is 116 cm³/mol. The van der Waals surface area contributed by atoms with Crippen LogP contribution in [0.3, 0.4) is 0 Å². The molecule has 0 saturated carbocycles. The van der Waals surface area contributed by atoms with Crippen molar-refractivity contribution in [1.82, 2.24) is 9.88 Å². The maximum Gasteiger partial charge on any atom is 0.247 e. The van der Waals surface area contributed by atoms with Crippen LogP contribution in [0.1, 0.15) is 22.7 Å². The summed E-state index contributed by atoms with van der Waals surface area (Å²) < 4.78 is 29.4. The molecule has 1 amide bonds. The van der Waals surface area contributed by atoms with E-state index >= 15 is 0 Å². The third-order valence-corrected chi connectivity index (χ3v) is 7.20. The zero-order valence-corrected chi connectivity index (χ0v) is 17.9. The highest BCUT2D eigenvalue weighted by molar-refractivity contribution is 7.91. The highest BCUT2D eigenvalue weighted by Gasteiger charge is 2.33. The number of thiazole rings is 1. The molecule has 2 aromatic rings. The van der Waals surface area contributed by atoms with Crippen molar-refractivity contribution in [3.63, 3.8) is 0 Å². The number of nitrogens with zero attached hydrogens (tertiary/aromatic N) is 2. The summed E-state index contributed by atoms with van der Waals surface area (Å²) in [6.45, 7) is 6.29. The van der Waals surface area contributed by atoms with Gasteiger partial charge in [-0.25, -0.2) is 13.4 Å². The number of carbonyl (C=O) groups is 1. The molecule has 1 saturated heterocycles. The number of carbonyl (C=O) groups excluding carboxylic acids is 1. The minimum absolute atomic E-state index is 0.00712. The first kappa shape index (κ1) is 21.3. The van der Waals surface area contributed by atoms with Crippen LogP contribution < -0.4 is 4.74 Å². The molecule has 154 valence electrons. The van der Waals surface area contributed by atoms with E-state index in [0.29, 0.717) is 25.3 Å². The fourth-order valence-corrected chi connectivity index (χ4v) is 5.54. The smallest absolute Gasteiger partial charge is 0.247 e. The van der Waals surface area contributed by atoms with E-state index in [-0.39, 0.29) is 23.5 Å². The molecule has 0 aliphatic carbocycles. The number of hydrogen-bond acceptors (Lipinski definition) is 6. The van der Waals surface area contributed by atoms with Gasteiger partial charge in [-0.1, -0.05) is 24.3 Å². The summed E-state index contributed by atoms with van der Waals surface area (Å²) >= 11 is 1.57. The Bertz CT molecular complexity index is 1010. The molecule has 2 heterocycles. The summed E-state index contributed by atoms with van der Waals surface area (Å²) in [5, 5.41) is 2.94. The second-order valence-electron chi connectivity index (χ2n) is 6.85. The van der Waals surface area contributed by atoms with Crippen LogP contribution in [0, 0.1) is 6.92 Å². The van der Waals surface area contributed by atoms with Gasteiger partial charge in [-0.15, -0.1) is 17.9 Å². The van der Waals surface area contributed by atoms with Crippen molar-refractivity contribution in [3.8, 4) is 5.75 Å². The van der Waals surface area contributed by atoms with E-state index in [1.54, 1.807) is 28.4 Å². The monoisotopic (exact) mass is 432 g/mol. The van der Waals surface area contributed by atoms with Gasteiger partial charge in [-0.3, -0.25) is 4.79 Å². The van der Waals surface area contributed by atoms with Crippen molar-refractivity contribution in [2.24, 2.45) is 0 Å². The normalized spacial score (nSPS) is 18.0. The van der Waals surface area contributed by atoms with E-state index in [4.69, 9.17) is 4.74 Å². The van der Waals surface area contributed by atoms with Crippen LogP contribution in [-0.2, 0) is 21.2 Å². The highest BCUT2D eigenvalue weighted by Crippen LogP contribution is 2.22. The average molecular weight is 433 g/mol. The fraction of sp³-hybridized carbons (Fsp3) is 0.333. The van der Waals surface area contributed by atoms with Crippen LogP contribution in [0.5, 0.6) is 5.75 Å². The number of rotatable bonds is 8. The molecule has 1 atom stereocenters. The van der Waals surface area contributed by atoms with Crippen molar-refractivity contribution >= 4 is 33.2 Å². The Hall–Kier alpha value is -2.45. The fourth-order valence-electron chi connectivity index (χ4n) is 3.21. The van der Waals surface area contributed by atoms with Crippen LogP contribution in [0.15, 0.2) is 48.4 Å². The third-order valence-electron chi connectivity index (χ3n) is 4.62. The molecule has 0 spiro atoms. The first-order chi connectivity index (χ1) is 13.9. The lowest BCUT2D eigenvalue weighted by Gasteiger charge is -2.25. The molecule has 1 aliphatic heterocycles. The van der Waals surface area contributed by atoms with Crippen molar-refractivity contribution in [3.05, 3.63) is 64.6 Å². The van der Waals surface area contributed by atoms with Crippen molar-refractivity contribution in [1.29, 1.82) is 0 Å². The summed E-state index contributed by atoms with van der Waals surface area (Å²) in [6.07, 6.45) is 5.24. The second-order valence-corrected chi connectivity index (χ2v) is 10.1. The van der Waals surface area contributed by atoms with Gasteiger partial charge in [0.05, 0.1) is 22.2 Å². The molecule has 0 bridgehead atoms. The zero-order valence-electron chi connectivity index (χ0n) is 16.3. The Morgan fingerprint density at radius 2 is 2.21 bits per heavy atom. The molecule has 3 rings (SSSR count). The third kappa shape index (κ3) is 5.77. The Labute approximate surface area is 175 Å². The Kier molecular flexibility index (Phi) is 6.87. The molecule has 1 aromatic heterocycles. The zero-order chi connectivity index (χ0) is 20.9. The van der Waals surface area contributed by atoms with Crippen LogP contribution in [0.25, 0.3) is 6.08 Å². The molecule has 1 fully saturated rings. The van der Waals surface area contributed by atoms with Gasteiger partial charge < -0.3 is 9.64 Å². The van der Waals surface area contributed by atoms with Gasteiger partial charge in [-0.05, 0) is 25.5 Å². The van der Waals surface area contributed by atoms with E-state index in [2.05, 4.69) is 11.6 Å². The highest BCUT2D eigenvalue weighted by atomic mass is 32.2. The van der Waals surface area contributed by atoms with Gasteiger partial charge in [0.15, 0.2) is 9.84 Å². The number of sulfone groups is 1. The molecule has 29 heavy (non-hydrogen) atoms. The number of aromatic nitrogens is 1. The number of para-hydroxylation sites is 1. The molecular weight excluding hydrogens is 408 g/mol. The Balaban J connectivity index is 1.70. The summed E-state index contributed by atoms with van der Waals surface area (Å²) in [5.41, 5.74) is 1.63. The van der Waals surface area contributed by atoms with Crippen LogP contribution in [-0.4, -0.2) is 48.3 Å². The molecule has 8 heteroatoms. The van der Waals surface area contributed by atoms with Gasteiger partial charge in [0.2, 0.25) is 5.91 Å². The lowest BCUT2D eigenvalue weighted by Crippen LogP contribution is -2.40. The SMILES string of the molecule is C=CCN(C(=O)C=Cc1ccccc1OCc1csc(C)n1)C1CCS(=O)(=O)C1. The molecule has 1 unspecified atom stereocenters. The maximum absolute atomic E-state index is 12.7. The lowest BCUT2D eigenvalue weighted by molar-refractivity contribution is -0.127. The summed E-state index contributed by atoms with van der Waals surface area (Å²) in [6, 6.07) is 7.13.